The molecule has 0 saturated carbocycles. The minimum Gasteiger partial charge on any atom is -0.274 e. The number of fused-ring (bicyclic) bond motifs is 1. The number of amides is 9. The first-order chi connectivity index (χ1) is 21.8. The highest BCUT2D eigenvalue weighted by molar-refractivity contribution is 6.31. The predicted molar refractivity (Wildman–Crippen MR) is 160 cm³/mol. The lowest BCUT2D eigenvalue weighted by Crippen LogP contribution is -2.36. The molecular weight excluding hydrogens is 594 g/mol. The van der Waals surface area contributed by atoms with Crippen molar-refractivity contribution < 1.29 is 43.2 Å². The van der Waals surface area contributed by atoms with E-state index in [1.54, 1.807) is 98.8 Å². The Morgan fingerprint density at radius 1 is 0.522 bits per heavy atom. The number of hydrogen-bond donors (Lipinski definition) is 0. The fourth-order valence-electron chi connectivity index (χ4n) is 4.91. The minimum atomic E-state index is -0.591. The molecule has 0 N–H and O–H groups in total. The largest absolute Gasteiger partial charge is 0.274 e. The van der Waals surface area contributed by atoms with E-state index in [2.05, 4.69) is 0 Å². The van der Waals surface area contributed by atoms with Gasteiger partial charge in [0.1, 0.15) is 0 Å². The summed E-state index contributed by atoms with van der Waals surface area (Å²) in [7, 11) is 0. The average molecular weight is 624 g/mol. The quantitative estimate of drug-likeness (QED) is 0.390. The third kappa shape index (κ3) is 6.60. The second kappa shape index (κ2) is 13.8. The number of benzene rings is 3. The van der Waals surface area contributed by atoms with Crippen LogP contribution in [0.25, 0.3) is 0 Å². The summed E-state index contributed by atoms with van der Waals surface area (Å²) in [5.41, 5.74) is 1.23. The summed E-state index contributed by atoms with van der Waals surface area (Å²) in [6, 6.07) is 23.1. The van der Waals surface area contributed by atoms with E-state index in [4.69, 9.17) is 0 Å². The van der Waals surface area contributed by atoms with Gasteiger partial charge in [-0.15, -0.1) is 0 Å². The maximum Gasteiger partial charge on any atom is 0.268 e. The monoisotopic (exact) mass is 623 g/mol. The van der Waals surface area contributed by atoms with E-state index in [1.165, 1.54) is 6.92 Å². The Bertz CT molecular complexity index is 1730. The van der Waals surface area contributed by atoms with Crippen molar-refractivity contribution in [2.75, 3.05) is 0 Å². The van der Waals surface area contributed by atoms with Gasteiger partial charge in [-0.05, 0) is 36.4 Å². The molecule has 0 aliphatic carbocycles. The van der Waals surface area contributed by atoms with E-state index in [1.807, 2.05) is 0 Å². The third-order valence-corrected chi connectivity index (χ3v) is 7.30. The Kier molecular flexibility index (Phi) is 9.90. The second-order valence-electron chi connectivity index (χ2n) is 10.7. The summed E-state index contributed by atoms with van der Waals surface area (Å²) in [5, 5.41) is 0. The van der Waals surface area contributed by atoms with Gasteiger partial charge in [-0.3, -0.25) is 43.2 Å². The molecule has 3 aliphatic rings. The van der Waals surface area contributed by atoms with Gasteiger partial charge in [-0.2, -0.15) is 0 Å². The molecule has 0 bridgehead atoms. The summed E-state index contributed by atoms with van der Waals surface area (Å²) < 4.78 is 0. The fourth-order valence-corrected chi connectivity index (χ4v) is 4.91. The van der Waals surface area contributed by atoms with Gasteiger partial charge in [-0.25, -0.2) is 14.7 Å². The summed E-state index contributed by atoms with van der Waals surface area (Å²) in [5.74, 6) is -5.01. The molecule has 6 rings (SSSR count). The number of imide groups is 9. The Hall–Kier alpha value is -5.91. The molecule has 0 radical (unpaired) electrons. The molecule has 234 valence electrons. The van der Waals surface area contributed by atoms with Crippen molar-refractivity contribution in [1.82, 2.24) is 14.7 Å². The van der Waals surface area contributed by atoms with Crippen molar-refractivity contribution in [3.05, 3.63) is 107 Å². The number of rotatable bonds is 2. The molecular formula is C34H29N3O9. The third-order valence-electron chi connectivity index (χ3n) is 7.30. The standard InChI is InChI=1S/C15H9NO3.C12H11NO3.C7H9NO3/c17-13(10-6-2-1-3-7-10)16-14(18)11-8-4-5-9-12(11)15(16)19;1-8-7-10(14)13(11(8)15)12(16)9-5-3-2-4-6-9;1-4-3-6(10)8(5(2)9)7(4)11/h1-9H;2-6,8H,7H2,1H3;4H,3H2,1-2H3. The summed E-state index contributed by atoms with van der Waals surface area (Å²) >= 11 is 0. The van der Waals surface area contributed by atoms with Crippen LogP contribution in [-0.2, 0) is 24.0 Å². The van der Waals surface area contributed by atoms with Crippen molar-refractivity contribution in [1.29, 1.82) is 0 Å². The smallest absolute Gasteiger partial charge is 0.268 e. The Balaban J connectivity index is 0.000000163. The molecule has 46 heavy (non-hydrogen) atoms. The summed E-state index contributed by atoms with van der Waals surface area (Å²) in [4.78, 5) is 106. The second-order valence-corrected chi connectivity index (χ2v) is 10.7. The molecule has 2 unspecified atom stereocenters. The van der Waals surface area contributed by atoms with Gasteiger partial charge < -0.3 is 0 Å². The topological polar surface area (TPSA) is 163 Å². The lowest BCUT2D eigenvalue weighted by atomic mass is 10.1. The molecule has 3 aliphatic heterocycles. The number of carbonyl (C=O) groups is 9. The molecule has 3 aromatic carbocycles. The first-order valence-electron chi connectivity index (χ1n) is 14.3. The molecule has 9 amide bonds. The van der Waals surface area contributed by atoms with Gasteiger partial charge >= 0.3 is 0 Å². The van der Waals surface area contributed by atoms with Crippen LogP contribution in [0.5, 0.6) is 0 Å². The molecule has 2 fully saturated rings. The highest BCUT2D eigenvalue weighted by atomic mass is 16.2. The number of likely N-dealkylation sites (tertiary alicyclic amines) is 2. The van der Waals surface area contributed by atoms with Crippen LogP contribution < -0.4 is 0 Å². The Labute approximate surface area is 263 Å². The van der Waals surface area contributed by atoms with Crippen molar-refractivity contribution >= 4 is 53.2 Å². The Morgan fingerprint density at radius 3 is 1.20 bits per heavy atom. The zero-order valence-corrected chi connectivity index (χ0v) is 25.2. The van der Waals surface area contributed by atoms with Crippen molar-refractivity contribution in [3.8, 4) is 0 Å². The molecule has 12 heteroatoms. The zero-order chi connectivity index (χ0) is 33.7. The van der Waals surface area contributed by atoms with E-state index >= 15 is 0 Å². The minimum absolute atomic E-state index is 0.122. The van der Waals surface area contributed by atoms with Crippen molar-refractivity contribution in [3.63, 3.8) is 0 Å². The van der Waals surface area contributed by atoms with E-state index in [-0.39, 0.29) is 47.6 Å². The van der Waals surface area contributed by atoms with Crippen LogP contribution >= 0.6 is 0 Å². The Morgan fingerprint density at radius 2 is 0.870 bits per heavy atom. The summed E-state index contributed by atoms with van der Waals surface area (Å²) in [6.45, 7) is 4.51. The normalized spacial score (nSPS) is 18.5. The number of hydrogen-bond acceptors (Lipinski definition) is 9. The molecule has 0 spiro atoms. The molecule has 12 nitrogen and oxygen atoms in total. The van der Waals surface area contributed by atoms with Gasteiger partial charge in [-0.1, -0.05) is 62.4 Å². The first kappa shape index (κ1) is 33.0. The number of carbonyl (C=O) groups excluding carboxylic acids is 9. The lowest BCUT2D eigenvalue weighted by molar-refractivity contribution is -0.149. The van der Waals surface area contributed by atoms with Crippen molar-refractivity contribution in [2.45, 2.75) is 33.6 Å². The molecule has 2 atom stereocenters. The first-order valence-corrected chi connectivity index (χ1v) is 14.3. The molecule has 3 heterocycles. The highest BCUT2D eigenvalue weighted by Gasteiger charge is 2.41. The van der Waals surface area contributed by atoms with Crippen LogP contribution in [0.3, 0.4) is 0 Å². The maximum absolute atomic E-state index is 12.2. The van der Waals surface area contributed by atoms with Crippen LogP contribution in [0.4, 0.5) is 0 Å². The van der Waals surface area contributed by atoms with Gasteiger partial charge in [0, 0.05) is 42.7 Å². The van der Waals surface area contributed by atoms with Crippen LogP contribution in [0.1, 0.15) is 75.0 Å². The molecule has 3 aromatic rings. The maximum atomic E-state index is 12.2. The summed E-state index contributed by atoms with van der Waals surface area (Å²) in [6.07, 6.45) is 0.288. The van der Waals surface area contributed by atoms with Crippen LogP contribution in [0.15, 0.2) is 84.9 Å². The predicted octanol–water partition coefficient (Wildman–Crippen LogP) is 3.27. The van der Waals surface area contributed by atoms with Gasteiger partial charge in [0.2, 0.25) is 29.5 Å². The van der Waals surface area contributed by atoms with Crippen LogP contribution in [-0.4, -0.2) is 67.9 Å². The van der Waals surface area contributed by atoms with Gasteiger partial charge in [0.15, 0.2) is 0 Å². The zero-order valence-electron chi connectivity index (χ0n) is 25.2. The highest BCUT2D eigenvalue weighted by Crippen LogP contribution is 2.24. The van der Waals surface area contributed by atoms with E-state index in [0.717, 1.165) is 4.90 Å². The van der Waals surface area contributed by atoms with E-state index in [0.29, 0.717) is 20.9 Å². The van der Waals surface area contributed by atoms with E-state index < -0.39 is 41.4 Å². The SMILES string of the molecule is CC(=O)N1C(=O)CC(C)C1=O.CC1CC(=O)N(C(=O)c2ccccc2)C1=O.O=C(c1ccccc1)N1C(=O)c2ccccc2C1=O. The van der Waals surface area contributed by atoms with Crippen LogP contribution in [0.2, 0.25) is 0 Å². The van der Waals surface area contributed by atoms with Crippen LogP contribution in [0, 0.1) is 11.8 Å². The molecule has 0 aromatic heterocycles. The molecule has 2 saturated heterocycles. The lowest BCUT2D eigenvalue weighted by Gasteiger charge is -2.11. The van der Waals surface area contributed by atoms with Gasteiger partial charge in [0.25, 0.3) is 23.6 Å². The van der Waals surface area contributed by atoms with Crippen molar-refractivity contribution in [2.24, 2.45) is 11.8 Å². The number of nitrogens with zero attached hydrogens (tertiary/aromatic N) is 3. The fraction of sp³-hybridized carbons (Fsp3) is 0.206. The van der Waals surface area contributed by atoms with E-state index in [9.17, 15) is 43.2 Å². The average Bonchev–Trinajstić information content (AvgIpc) is 3.58. The van der Waals surface area contributed by atoms with Gasteiger partial charge in [0.05, 0.1) is 11.1 Å².